The maximum absolute atomic E-state index is 13.6. The van der Waals surface area contributed by atoms with Crippen LogP contribution in [0.25, 0.3) is 11.5 Å². The van der Waals surface area contributed by atoms with E-state index in [0.29, 0.717) is 5.69 Å². The number of likely N-dealkylation sites (tertiary alicyclic amines) is 1. The Morgan fingerprint density at radius 3 is 1.70 bits per heavy atom. The average molecular weight is 1510 g/mol. The summed E-state index contributed by atoms with van der Waals surface area (Å²) in [4.78, 5) is 67.3. The Kier molecular flexibility index (Phi) is 55.3. The first-order valence-electron chi connectivity index (χ1n) is 26.7. The summed E-state index contributed by atoms with van der Waals surface area (Å²) < 4.78 is 155. The smallest absolute Gasteiger partial charge is 0.726 e. The Morgan fingerprint density at radius 2 is 1.18 bits per heavy atom. The number of rotatable bonds is 30. The van der Waals surface area contributed by atoms with E-state index >= 15 is 0 Å². The van der Waals surface area contributed by atoms with Crippen LogP contribution in [0.5, 0.6) is 0 Å². The molecule has 5 aliphatic rings. The van der Waals surface area contributed by atoms with E-state index in [1.165, 1.54) is 28.2 Å². The first-order valence-corrected chi connectivity index (χ1v) is 30.8. The van der Waals surface area contributed by atoms with Crippen molar-refractivity contribution in [3.05, 3.63) is 68.9 Å². The molecule has 18 atom stereocenters. The van der Waals surface area contributed by atoms with E-state index in [2.05, 4.69) is 42.6 Å². The molecule has 1 aromatic heterocycles. The Labute approximate surface area is 691 Å². The quantitative estimate of drug-likeness (QED) is 0.00657. The zero-order valence-corrected chi connectivity index (χ0v) is 68.3. The van der Waals surface area contributed by atoms with Gasteiger partial charge < -0.3 is 138 Å². The summed E-state index contributed by atoms with van der Waals surface area (Å²) in [5, 5.41) is 74.2. The first kappa shape index (κ1) is 104. The molecule has 0 bridgehead atoms. The number of carbonyl (C=O) groups is 5. The first-order chi connectivity index (χ1) is 42.3. The molecule has 6 unspecified atom stereocenters. The molecule has 524 valence electrons. The summed E-state index contributed by atoms with van der Waals surface area (Å²) in [6, 6.07) is -2.53. The third kappa shape index (κ3) is 39.0. The average Bonchev–Trinajstić information content (AvgIpc) is 1.62. The molecule has 5 aliphatic heterocycles. The summed E-state index contributed by atoms with van der Waals surface area (Å²) in [6.45, 7) is 14.9. The largest absolute Gasteiger partial charge is 1.00 e. The third-order valence-electron chi connectivity index (χ3n) is 13.0. The molecular formula is C47H71N8Na6O33S3-3. The SMILES string of the molecule is C=C[C@@H]1O[C@H](C=C)[C@@H]2C(=O)N(CCOCCN(Cc3cn(CCOCCO[C@@H]4OC(C(=O)[O-])[C@@H](O[C@H]5OC([CH2-])[C@@H](O)[C@H](O)C5[NH-])[C@H](O)C4O)nn3)C(=O)CCC(=O)NCCOCCO[C@H]3OC([CH2-])[C@@H](O)[CH-]C3[NH-])C(=O)[C@@H]21.O=S(=O)([O-])O.O=S(=O)([O-])O.O=S(=O)([O-])O.[Na+].[Na+].[Na+].[Na+].[Na+].[Na+]. The molecule has 0 radical (unpaired) electrons. The van der Waals surface area contributed by atoms with Crippen LogP contribution in [0, 0.1) is 32.1 Å². The minimum absolute atomic E-state index is 0. The molecular weight excluding hydrogens is 1440 g/mol. The second-order valence-corrected chi connectivity index (χ2v) is 22.1. The van der Waals surface area contributed by atoms with Crippen LogP contribution in [0.3, 0.4) is 0 Å². The Morgan fingerprint density at radius 1 is 0.680 bits per heavy atom. The maximum Gasteiger partial charge on any atom is 1.00 e. The summed E-state index contributed by atoms with van der Waals surface area (Å²) in [7, 11) is -14.7. The Hall–Kier alpha value is 1.10. The van der Waals surface area contributed by atoms with Crippen LogP contribution in [-0.4, -0.2) is 303 Å². The molecule has 6 heterocycles. The zero-order chi connectivity index (χ0) is 68.7. The number of carbonyl (C=O) groups excluding carboxylic acids is 5. The van der Waals surface area contributed by atoms with Crippen molar-refractivity contribution in [2.75, 3.05) is 72.5 Å². The molecule has 6 rings (SSSR count). The third-order valence-corrected chi connectivity index (χ3v) is 13.0. The molecule has 41 nitrogen and oxygen atoms in total. The number of hydrogen-bond donors (Lipinski definition) is 9. The van der Waals surface area contributed by atoms with Gasteiger partial charge >= 0.3 is 177 Å². The van der Waals surface area contributed by atoms with Crippen molar-refractivity contribution in [1.82, 2.24) is 30.1 Å². The fourth-order valence-electron chi connectivity index (χ4n) is 8.85. The van der Waals surface area contributed by atoms with Gasteiger partial charge in [-0.15, -0.1) is 18.3 Å². The number of ether oxygens (including phenoxy) is 10. The minimum atomic E-state index is -4.92. The number of carboxylic acid groups (broad SMARTS) is 1. The van der Waals surface area contributed by atoms with Crippen molar-refractivity contribution < 1.29 is 332 Å². The van der Waals surface area contributed by atoms with Crippen LogP contribution < -0.4 is 188 Å². The number of aromatic nitrogens is 3. The fourth-order valence-corrected chi connectivity index (χ4v) is 8.85. The van der Waals surface area contributed by atoms with Gasteiger partial charge in [0.05, 0.1) is 121 Å². The standard InChI is InChI=1S/C47H69N8O21.6Na.3H2O4S/c1-5-29-33-34(30(6-2)74-29)43(64)55(42(33)63)12-16-68-14-10-53(32(58)8-7-31(57)50-9-13-67-17-19-70-45-27(48)21-28(56)24(3)72-45)22-26-23-54(52-51-26)11-15-69-18-20-71-47-39(62)38(61)40(41(76-47)44(65)66)75-46-35(49)37(60)36(59)25(4)73-46;;;;;;;3*1-5(2,3)4/h5-6,21,23-25,27-30,33-41,45-49,56,59-62H,1-4,7-20,22H2,(H,50,57)(H,65,66);;;;;;;3*(H2,1,2,3,4)/q-5;6*+1;;;/p-4/t24?,25?,27?,28-,29-,30+,33+,34-,35?,36+,37+,38+,39?,40-,41?,45-,46+,47+;;;;;;;;;/m0........./s1. The van der Waals surface area contributed by atoms with Gasteiger partial charge in [-0.25, -0.2) is 36.0 Å². The number of hydrogen-bond acceptors (Lipinski definition) is 32. The van der Waals surface area contributed by atoms with E-state index < -0.39 is 171 Å². The Balaban J connectivity index is -0.00000185. The van der Waals surface area contributed by atoms with Crippen molar-refractivity contribution in [1.29, 1.82) is 0 Å². The Bertz CT molecular complexity index is 2750. The number of nitrogens with one attached hydrogen (secondary N) is 3. The van der Waals surface area contributed by atoms with Gasteiger partial charge in [-0.1, -0.05) is 35.6 Å². The number of carboxylic acids is 1. The van der Waals surface area contributed by atoms with Crippen molar-refractivity contribution in [2.45, 2.75) is 124 Å². The molecule has 11 N–H and O–H groups in total. The summed E-state index contributed by atoms with van der Waals surface area (Å²) >= 11 is 0. The number of nitrogens with zero attached hydrogens (tertiary/aromatic N) is 5. The van der Waals surface area contributed by atoms with Crippen LogP contribution in [0.2, 0.25) is 0 Å². The number of aliphatic hydroxyl groups excluding tert-OH is 5. The van der Waals surface area contributed by atoms with E-state index in [4.69, 9.17) is 111 Å². The number of imide groups is 1. The van der Waals surface area contributed by atoms with Gasteiger partial charge in [0.2, 0.25) is 54.8 Å². The van der Waals surface area contributed by atoms with E-state index in [1.807, 2.05) is 0 Å². The molecule has 5 fully saturated rings. The van der Waals surface area contributed by atoms with E-state index in [9.17, 15) is 54.6 Å². The van der Waals surface area contributed by atoms with E-state index in [0.717, 1.165) is 4.90 Å². The van der Waals surface area contributed by atoms with Crippen LogP contribution in [0.4, 0.5) is 0 Å². The van der Waals surface area contributed by atoms with Gasteiger partial charge in [-0.05, 0) is 6.10 Å². The van der Waals surface area contributed by atoms with Gasteiger partial charge in [0, 0.05) is 25.9 Å². The molecule has 0 aromatic carbocycles. The van der Waals surface area contributed by atoms with E-state index in [-0.39, 0.29) is 276 Å². The molecule has 97 heavy (non-hydrogen) atoms. The van der Waals surface area contributed by atoms with Crippen molar-refractivity contribution in [2.24, 2.45) is 11.8 Å². The molecule has 1 aromatic rings. The van der Waals surface area contributed by atoms with Crippen LogP contribution in [-0.2, 0) is 116 Å². The van der Waals surface area contributed by atoms with Gasteiger partial charge in [-0.3, -0.25) is 37.7 Å². The van der Waals surface area contributed by atoms with Crippen LogP contribution in [0.1, 0.15) is 18.5 Å². The molecule has 0 spiro atoms. The molecule has 50 heteroatoms. The second kappa shape index (κ2) is 51.4. The van der Waals surface area contributed by atoms with Crippen LogP contribution >= 0.6 is 0 Å². The summed E-state index contributed by atoms with van der Waals surface area (Å²) in [5.74, 6) is -4.89. The molecule has 0 aliphatic carbocycles. The monoisotopic (exact) mass is 1510 g/mol. The summed E-state index contributed by atoms with van der Waals surface area (Å²) in [5.41, 5.74) is 16.4. The maximum atomic E-state index is 13.6. The molecule has 0 saturated carbocycles. The molecule has 4 amide bonds. The fraction of sp³-hybridized carbons (Fsp3) is 0.702. The zero-order valence-electron chi connectivity index (χ0n) is 53.9. The number of fused-ring (bicyclic) bond motifs is 1. The number of aliphatic hydroxyl groups is 5. The normalized spacial score (nSPS) is 28.8. The predicted molar refractivity (Wildman–Crippen MR) is 289 cm³/mol. The van der Waals surface area contributed by atoms with Crippen molar-refractivity contribution in [3.63, 3.8) is 0 Å². The van der Waals surface area contributed by atoms with E-state index in [1.54, 1.807) is 6.20 Å². The van der Waals surface area contributed by atoms with Gasteiger partial charge in [0.1, 0.15) is 42.7 Å². The van der Waals surface area contributed by atoms with Gasteiger partial charge in [0.15, 0.2) is 6.29 Å². The molecule has 5 saturated heterocycles. The second-order valence-electron chi connectivity index (χ2n) is 19.5. The number of aliphatic carboxylic acids is 1. The van der Waals surface area contributed by atoms with Crippen molar-refractivity contribution in [3.8, 4) is 0 Å². The van der Waals surface area contributed by atoms with Gasteiger partial charge in [-0.2, -0.15) is 0 Å². The minimum Gasteiger partial charge on any atom is -0.726 e. The number of amides is 4. The van der Waals surface area contributed by atoms with Crippen molar-refractivity contribution >= 4 is 60.8 Å². The summed E-state index contributed by atoms with van der Waals surface area (Å²) in [6.07, 6.45) is -13.8. The van der Waals surface area contributed by atoms with Gasteiger partial charge in [0.25, 0.3) is 0 Å². The predicted octanol–water partition coefficient (Wildman–Crippen LogP) is -25.8. The topological polar surface area (TPSA) is 631 Å². The van der Waals surface area contributed by atoms with Crippen LogP contribution in [0.15, 0.2) is 31.5 Å².